The first kappa shape index (κ1) is 51.4. The van der Waals surface area contributed by atoms with Gasteiger partial charge in [-0.05, 0) is 74.2 Å². The second kappa shape index (κ2) is 33.3. The number of hydrogen-bond donors (Lipinski definition) is 0. The van der Waals surface area contributed by atoms with E-state index in [0.29, 0.717) is 26.4 Å². The van der Waals surface area contributed by atoms with Crippen LogP contribution in [-0.4, -0.2) is 26.4 Å². The third-order valence-corrected chi connectivity index (χ3v) is 13.4. The van der Waals surface area contributed by atoms with Crippen LogP contribution in [0, 0.1) is 0 Å². The molecule has 4 aromatic carbocycles. The highest BCUT2D eigenvalue weighted by Gasteiger charge is 2.22. The van der Waals surface area contributed by atoms with Crippen LogP contribution in [0.1, 0.15) is 182 Å². The Kier molecular flexibility index (Phi) is 27.6. The first-order valence-corrected chi connectivity index (χ1v) is 26.6. The highest BCUT2D eigenvalue weighted by molar-refractivity contribution is 7.99. The van der Waals surface area contributed by atoms with Crippen LogP contribution >= 0.6 is 23.5 Å². The lowest BCUT2D eigenvalue weighted by Crippen LogP contribution is -2.05. The van der Waals surface area contributed by atoms with Gasteiger partial charge >= 0.3 is 0 Å². The predicted molar refractivity (Wildman–Crippen MR) is 268 cm³/mol. The van der Waals surface area contributed by atoms with Gasteiger partial charge in [-0.2, -0.15) is 0 Å². The predicted octanol–water partition coefficient (Wildman–Crippen LogP) is 18.6. The van der Waals surface area contributed by atoms with Crippen molar-refractivity contribution in [1.29, 1.82) is 0 Å². The molecular weight excluding hydrogens is 801 g/mol. The molecule has 4 aromatic rings. The fraction of sp³-hybridized carbons (Fsp3) is 0.571. The standard InChI is InChI=1S/C56H82O4S2/c1-5-9-13-17-21-31-39-57-51-45-55(61-47-35-27-25-28-36-47)53(59-41-33-23-19-15-11-7-3)43-49(51)50-44-54(60-42-34-24-20-16-12-8-4)56(62-48-37-29-26-30-38-48)46-52(50)58-40-32-22-18-14-10-6-2/h25-30,35-38,43-46H,5-24,31-34,39-42H2,1-4H3. The van der Waals surface area contributed by atoms with E-state index in [2.05, 4.69) is 113 Å². The van der Waals surface area contributed by atoms with Crippen LogP contribution in [0.4, 0.5) is 0 Å². The smallest absolute Gasteiger partial charge is 0.134 e. The first-order valence-electron chi connectivity index (χ1n) is 25.0. The maximum Gasteiger partial charge on any atom is 0.134 e. The topological polar surface area (TPSA) is 36.9 Å². The molecule has 0 aliphatic carbocycles. The van der Waals surface area contributed by atoms with Crippen LogP contribution in [0.3, 0.4) is 0 Å². The van der Waals surface area contributed by atoms with Crippen LogP contribution in [0.2, 0.25) is 0 Å². The molecule has 0 fully saturated rings. The van der Waals surface area contributed by atoms with Crippen molar-refractivity contribution < 1.29 is 18.9 Å². The van der Waals surface area contributed by atoms with Crippen molar-refractivity contribution in [2.75, 3.05) is 26.4 Å². The van der Waals surface area contributed by atoms with Gasteiger partial charge in [0.25, 0.3) is 0 Å². The van der Waals surface area contributed by atoms with Crippen LogP contribution < -0.4 is 18.9 Å². The molecule has 0 saturated heterocycles. The Morgan fingerprint density at radius 3 is 0.887 bits per heavy atom. The van der Waals surface area contributed by atoms with E-state index in [1.165, 1.54) is 138 Å². The highest BCUT2D eigenvalue weighted by atomic mass is 32.2. The molecule has 0 N–H and O–H groups in total. The second-order valence-corrected chi connectivity index (χ2v) is 19.1. The Morgan fingerprint density at radius 1 is 0.306 bits per heavy atom. The molecule has 4 rings (SSSR count). The van der Waals surface area contributed by atoms with Gasteiger partial charge in [0, 0.05) is 20.9 Å². The van der Waals surface area contributed by atoms with Crippen molar-refractivity contribution in [3.63, 3.8) is 0 Å². The van der Waals surface area contributed by atoms with Crippen LogP contribution in [0.15, 0.2) is 105 Å². The summed E-state index contributed by atoms with van der Waals surface area (Å²) in [6.07, 6.45) is 29.3. The van der Waals surface area contributed by atoms with E-state index in [9.17, 15) is 0 Å². The van der Waals surface area contributed by atoms with Gasteiger partial charge in [-0.3, -0.25) is 0 Å². The molecule has 0 radical (unpaired) electrons. The van der Waals surface area contributed by atoms with Crippen LogP contribution in [-0.2, 0) is 0 Å². The normalized spacial score (nSPS) is 11.2. The van der Waals surface area contributed by atoms with Crippen LogP contribution in [0.5, 0.6) is 23.0 Å². The van der Waals surface area contributed by atoms with Crippen molar-refractivity contribution >= 4 is 23.5 Å². The van der Waals surface area contributed by atoms with Crippen molar-refractivity contribution in [3.8, 4) is 34.1 Å². The molecule has 0 aliphatic heterocycles. The van der Waals surface area contributed by atoms with E-state index < -0.39 is 0 Å². The molecule has 62 heavy (non-hydrogen) atoms. The minimum absolute atomic E-state index is 0.670. The van der Waals surface area contributed by atoms with E-state index in [4.69, 9.17) is 18.9 Å². The SMILES string of the molecule is CCCCCCCCOc1cc(-c2cc(OCCCCCCCC)c(Sc3ccccc3)cc2OCCCCCCCC)c(OCCCCCCCC)cc1Sc1ccccc1. The maximum atomic E-state index is 6.89. The minimum Gasteiger partial charge on any atom is -0.493 e. The molecule has 0 saturated carbocycles. The third-order valence-electron chi connectivity index (χ3n) is 11.3. The molecule has 0 unspecified atom stereocenters. The second-order valence-electron chi connectivity index (χ2n) is 16.9. The van der Waals surface area contributed by atoms with Gasteiger partial charge in [-0.15, -0.1) is 0 Å². The summed E-state index contributed by atoms with van der Waals surface area (Å²) in [5.41, 5.74) is 2.01. The van der Waals surface area contributed by atoms with Gasteiger partial charge in [0.2, 0.25) is 0 Å². The molecule has 0 bridgehead atoms. The van der Waals surface area contributed by atoms with E-state index in [0.717, 1.165) is 69.6 Å². The Balaban J connectivity index is 1.78. The average molecular weight is 883 g/mol. The molecule has 0 aliphatic rings. The summed E-state index contributed by atoms with van der Waals surface area (Å²) < 4.78 is 27.4. The fourth-order valence-corrected chi connectivity index (χ4v) is 9.48. The number of benzene rings is 4. The number of hydrogen-bond acceptors (Lipinski definition) is 6. The number of unbranched alkanes of at least 4 members (excludes halogenated alkanes) is 20. The van der Waals surface area contributed by atoms with Gasteiger partial charge in [0.1, 0.15) is 23.0 Å². The average Bonchev–Trinajstić information content (AvgIpc) is 3.29. The van der Waals surface area contributed by atoms with Crippen molar-refractivity contribution in [2.45, 2.75) is 201 Å². The zero-order valence-corrected chi connectivity index (χ0v) is 41.0. The van der Waals surface area contributed by atoms with Gasteiger partial charge in [0.15, 0.2) is 0 Å². The maximum absolute atomic E-state index is 6.89. The molecule has 0 spiro atoms. The molecule has 4 nitrogen and oxygen atoms in total. The van der Waals surface area contributed by atoms with Crippen molar-refractivity contribution in [3.05, 3.63) is 84.9 Å². The third kappa shape index (κ3) is 20.5. The largest absolute Gasteiger partial charge is 0.493 e. The first-order chi connectivity index (χ1) is 30.7. The Labute approximate surface area is 387 Å². The monoisotopic (exact) mass is 883 g/mol. The molecule has 0 amide bonds. The number of rotatable bonds is 37. The van der Waals surface area contributed by atoms with Gasteiger partial charge in [-0.25, -0.2) is 0 Å². The van der Waals surface area contributed by atoms with Gasteiger partial charge < -0.3 is 18.9 Å². The van der Waals surface area contributed by atoms with E-state index in [-0.39, 0.29) is 0 Å². The summed E-state index contributed by atoms with van der Waals surface area (Å²) in [5, 5.41) is 0. The quantitative estimate of drug-likeness (QED) is 0.0420. The van der Waals surface area contributed by atoms with E-state index in [1.807, 2.05) is 0 Å². The summed E-state index contributed by atoms with van der Waals surface area (Å²) >= 11 is 3.50. The fourth-order valence-electron chi connectivity index (χ4n) is 7.62. The lowest BCUT2D eigenvalue weighted by Gasteiger charge is -2.22. The van der Waals surface area contributed by atoms with Gasteiger partial charge in [0.05, 0.1) is 36.2 Å². The molecular formula is C56H82O4S2. The molecule has 0 atom stereocenters. The zero-order chi connectivity index (χ0) is 43.7. The Hall–Kier alpha value is -3.22. The molecule has 0 aromatic heterocycles. The zero-order valence-electron chi connectivity index (χ0n) is 39.3. The van der Waals surface area contributed by atoms with Crippen LogP contribution in [0.25, 0.3) is 11.1 Å². The van der Waals surface area contributed by atoms with Crippen molar-refractivity contribution in [2.24, 2.45) is 0 Å². The lowest BCUT2D eigenvalue weighted by atomic mass is 10.0. The molecule has 0 heterocycles. The van der Waals surface area contributed by atoms with E-state index >= 15 is 0 Å². The summed E-state index contributed by atoms with van der Waals surface area (Å²) in [6, 6.07) is 30.3. The minimum atomic E-state index is 0.670. The Morgan fingerprint density at radius 2 is 0.581 bits per heavy atom. The van der Waals surface area contributed by atoms with Gasteiger partial charge in [-0.1, -0.05) is 216 Å². The number of ether oxygens (including phenoxy) is 4. The molecule has 342 valence electrons. The summed E-state index contributed by atoms with van der Waals surface area (Å²) in [6.45, 7) is 11.8. The molecule has 6 heteroatoms. The summed E-state index contributed by atoms with van der Waals surface area (Å²) in [7, 11) is 0. The highest BCUT2D eigenvalue weighted by Crippen LogP contribution is 2.49. The van der Waals surface area contributed by atoms with E-state index in [1.54, 1.807) is 23.5 Å². The summed E-state index contributed by atoms with van der Waals surface area (Å²) in [5.74, 6) is 3.54. The lowest BCUT2D eigenvalue weighted by molar-refractivity contribution is 0.288. The Bertz CT molecular complexity index is 1590. The summed E-state index contributed by atoms with van der Waals surface area (Å²) in [4.78, 5) is 4.52. The van der Waals surface area contributed by atoms with Crippen molar-refractivity contribution in [1.82, 2.24) is 0 Å².